The van der Waals surface area contributed by atoms with E-state index in [1.54, 1.807) is 6.26 Å². The summed E-state index contributed by atoms with van der Waals surface area (Å²) >= 11 is 0. The molecule has 2 unspecified atom stereocenters. The Labute approximate surface area is 161 Å². The summed E-state index contributed by atoms with van der Waals surface area (Å²) in [4.78, 5) is 12.5. The first-order chi connectivity index (χ1) is 12.8. The van der Waals surface area contributed by atoms with Crippen LogP contribution < -0.4 is 0 Å². The van der Waals surface area contributed by atoms with Gasteiger partial charge in [0.05, 0.1) is 12.2 Å². The molecule has 1 aliphatic carbocycles. The molecular formula is C24H28O3. The van der Waals surface area contributed by atoms with Crippen molar-refractivity contribution in [2.45, 2.75) is 40.7 Å². The third-order valence-corrected chi connectivity index (χ3v) is 5.58. The fourth-order valence-corrected chi connectivity index (χ4v) is 3.49. The smallest absolute Gasteiger partial charge is 0.310 e. The van der Waals surface area contributed by atoms with Crippen LogP contribution in [-0.4, -0.2) is 5.97 Å². The van der Waals surface area contributed by atoms with Crippen molar-refractivity contribution in [2.75, 3.05) is 0 Å². The van der Waals surface area contributed by atoms with E-state index in [-0.39, 0.29) is 29.8 Å². The minimum Gasteiger partial charge on any atom is -0.469 e. The van der Waals surface area contributed by atoms with Gasteiger partial charge < -0.3 is 9.15 Å². The second kappa shape index (κ2) is 7.59. The summed E-state index contributed by atoms with van der Waals surface area (Å²) in [7, 11) is 0. The molecule has 1 aliphatic rings. The van der Waals surface area contributed by atoms with Crippen LogP contribution in [0.4, 0.5) is 0 Å². The van der Waals surface area contributed by atoms with E-state index < -0.39 is 0 Å². The number of hydrogen-bond donors (Lipinski definition) is 0. The van der Waals surface area contributed by atoms with Crippen molar-refractivity contribution in [1.82, 2.24) is 0 Å². The molecule has 142 valence electrons. The number of hydrogen-bond acceptors (Lipinski definition) is 3. The Morgan fingerprint density at radius 3 is 2.59 bits per heavy atom. The summed E-state index contributed by atoms with van der Waals surface area (Å²) in [6.07, 6.45) is 4.56. The van der Waals surface area contributed by atoms with Gasteiger partial charge >= 0.3 is 5.97 Å². The zero-order valence-electron chi connectivity index (χ0n) is 16.6. The molecule has 0 N–H and O–H groups in total. The molecule has 0 bridgehead atoms. The van der Waals surface area contributed by atoms with E-state index >= 15 is 0 Å². The first-order valence-electron chi connectivity index (χ1n) is 9.40. The molecule has 1 aromatic heterocycles. The molecule has 0 saturated heterocycles. The number of ether oxygens (including phenoxy) is 1. The molecule has 2 atom stereocenters. The lowest BCUT2D eigenvalue weighted by Gasteiger charge is -2.03. The summed E-state index contributed by atoms with van der Waals surface area (Å²) in [6, 6.07) is 12.1. The zero-order chi connectivity index (χ0) is 19.6. The fourth-order valence-electron chi connectivity index (χ4n) is 3.49. The second-order valence-electron chi connectivity index (χ2n) is 8.15. The molecule has 0 aliphatic heterocycles. The number of carbonyl (C=O) groups is 1. The molecule has 1 saturated carbocycles. The van der Waals surface area contributed by atoms with E-state index in [2.05, 4.69) is 38.6 Å². The Bertz CT molecular complexity index is 855. The third kappa shape index (κ3) is 4.41. The van der Waals surface area contributed by atoms with Crippen LogP contribution in [-0.2, 0) is 22.6 Å². The number of furan rings is 1. The monoisotopic (exact) mass is 364 g/mol. The highest BCUT2D eigenvalue weighted by molar-refractivity contribution is 5.78. The van der Waals surface area contributed by atoms with Crippen LogP contribution >= 0.6 is 0 Å². The van der Waals surface area contributed by atoms with E-state index in [1.807, 2.05) is 38.1 Å². The summed E-state index contributed by atoms with van der Waals surface area (Å²) in [5, 5.41) is 0. The van der Waals surface area contributed by atoms with Crippen LogP contribution in [0.5, 0.6) is 0 Å². The minimum atomic E-state index is -0.137. The number of allylic oxidation sites excluding steroid dienone is 3. The highest BCUT2D eigenvalue weighted by Crippen LogP contribution is 2.60. The van der Waals surface area contributed by atoms with Crippen molar-refractivity contribution in [1.29, 1.82) is 0 Å². The quantitative estimate of drug-likeness (QED) is 0.467. The topological polar surface area (TPSA) is 39.4 Å². The van der Waals surface area contributed by atoms with Gasteiger partial charge in [-0.1, -0.05) is 68.0 Å². The molecule has 1 aromatic carbocycles. The number of carbonyl (C=O) groups excluding carboxylic acids is 1. The van der Waals surface area contributed by atoms with Crippen LogP contribution in [0, 0.1) is 17.3 Å². The van der Waals surface area contributed by atoms with Gasteiger partial charge in [-0.2, -0.15) is 0 Å². The minimum absolute atomic E-state index is 0.0668. The van der Waals surface area contributed by atoms with Crippen molar-refractivity contribution in [2.24, 2.45) is 17.3 Å². The lowest BCUT2D eigenvalue weighted by Crippen LogP contribution is -2.10. The molecule has 1 fully saturated rings. The Hall–Kier alpha value is -2.55. The molecule has 27 heavy (non-hydrogen) atoms. The average molecular weight is 364 g/mol. The molecule has 3 heteroatoms. The van der Waals surface area contributed by atoms with Crippen molar-refractivity contribution < 1.29 is 13.9 Å². The van der Waals surface area contributed by atoms with Crippen LogP contribution in [0.15, 0.2) is 70.9 Å². The molecule has 1 heterocycles. The van der Waals surface area contributed by atoms with Crippen molar-refractivity contribution >= 4 is 5.97 Å². The standard InChI is InChI=1S/C24H28O3/c1-16(2)17(3)11-21-22(24(21,4)5)23(25)27-15-19-13-20(26-14-19)12-18-9-7-6-8-10-18/h6-11,13-14,21-22H,1,12,15H2,2-5H3. The second-order valence-corrected chi connectivity index (χ2v) is 8.15. The summed E-state index contributed by atoms with van der Waals surface area (Å²) < 4.78 is 11.2. The highest BCUT2D eigenvalue weighted by Gasteiger charge is 2.61. The Balaban J connectivity index is 1.55. The van der Waals surface area contributed by atoms with E-state index in [0.29, 0.717) is 0 Å². The summed E-state index contributed by atoms with van der Waals surface area (Å²) in [5.41, 5.74) is 4.19. The largest absolute Gasteiger partial charge is 0.469 e. The van der Waals surface area contributed by atoms with Crippen LogP contribution in [0.2, 0.25) is 0 Å². The normalized spacial score (nSPS) is 21.0. The van der Waals surface area contributed by atoms with Crippen molar-refractivity contribution in [3.63, 3.8) is 0 Å². The number of esters is 1. The lowest BCUT2D eigenvalue weighted by atomic mass is 10.1. The van der Waals surface area contributed by atoms with Crippen LogP contribution in [0.3, 0.4) is 0 Å². The van der Waals surface area contributed by atoms with Gasteiger partial charge in [0, 0.05) is 12.0 Å². The predicted octanol–water partition coefficient (Wildman–Crippen LogP) is 5.71. The first-order valence-corrected chi connectivity index (χ1v) is 9.40. The van der Waals surface area contributed by atoms with E-state index in [1.165, 1.54) is 5.56 Å². The van der Waals surface area contributed by atoms with Gasteiger partial charge in [0.25, 0.3) is 0 Å². The Kier molecular flexibility index (Phi) is 5.41. The average Bonchev–Trinajstić information content (AvgIpc) is 2.94. The molecule has 2 aromatic rings. The van der Waals surface area contributed by atoms with E-state index in [4.69, 9.17) is 9.15 Å². The van der Waals surface area contributed by atoms with Crippen molar-refractivity contribution in [3.8, 4) is 0 Å². The molecule has 0 radical (unpaired) electrons. The van der Waals surface area contributed by atoms with Crippen LogP contribution in [0.25, 0.3) is 0 Å². The van der Waals surface area contributed by atoms with Gasteiger partial charge in [-0.3, -0.25) is 4.79 Å². The number of rotatable bonds is 7. The van der Waals surface area contributed by atoms with Gasteiger partial charge in [0.1, 0.15) is 12.4 Å². The molecule has 3 nitrogen and oxygen atoms in total. The maximum atomic E-state index is 12.5. The maximum absolute atomic E-state index is 12.5. The lowest BCUT2D eigenvalue weighted by molar-refractivity contribution is -0.147. The van der Waals surface area contributed by atoms with Crippen LogP contribution in [0.1, 0.15) is 44.6 Å². The SMILES string of the molecule is C=C(C)C(C)=CC1C(C(=O)OCc2coc(Cc3ccccc3)c2)C1(C)C. The molecule has 0 spiro atoms. The Morgan fingerprint density at radius 1 is 1.22 bits per heavy atom. The Morgan fingerprint density at radius 2 is 1.93 bits per heavy atom. The van der Waals surface area contributed by atoms with Gasteiger partial charge in [-0.15, -0.1) is 0 Å². The predicted molar refractivity (Wildman–Crippen MR) is 107 cm³/mol. The van der Waals surface area contributed by atoms with Gasteiger partial charge in [-0.25, -0.2) is 0 Å². The van der Waals surface area contributed by atoms with Gasteiger partial charge in [-0.05, 0) is 36.8 Å². The van der Waals surface area contributed by atoms with Gasteiger partial charge in [0.15, 0.2) is 0 Å². The zero-order valence-corrected chi connectivity index (χ0v) is 16.6. The van der Waals surface area contributed by atoms with E-state index in [0.717, 1.165) is 28.9 Å². The first kappa shape index (κ1) is 19.2. The molecule has 3 rings (SSSR count). The highest BCUT2D eigenvalue weighted by atomic mass is 16.5. The molecule has 0 amide bonds. The maximum Gasteiger partial charge on any atom is 0.310 e. The summed E-state index contributed by atoms with van der Waals surface area (Å²) in [6.45, 7) is 12.5. The summed E-state index contributed by atoms with van der Waals surface area (Å²) in [5.74, 6) is 0.848. The van der Waals surface area contributed by atoms with E-state index in [9.17, 15) is 4.79 Å². The molecular weight excluding hydrogens is 336 g/mol. The third-order valence-electron chi connectivity index (χ3n) is 5.58. The number of benzene rings is 1. The van der Waals surface area contributed by atoms with Crippen molar-refractivity contribution in [3.05, 3.63) is 83.3 Å². The fraction of sp³-hybridized carbons (Fsp3) is 0.375. The van der Waals surface area contributed by atoms with Gasteiger partial charge in [0.2, 0.25) is 0 Å².